The Hall–Kier alpha value is -0.130. The highest BCUT2D eigenvalue weighted by Crippen LogP contribution is 2.20. The van der Waals surface area contributed by atoms with Crippen molar-refractivity contribution >= 4 is 22.9 Å². The Morgan fingerprint density at radius 3 is 2.58 bits per heavy atom. The van der Waals surface area contributed by atoms with E-state index in [0.29, 0.717) is 12.1 Å². The number of rotatable bonds is 5. The van der Waals surface area contributed by atoms with Crippen molar-refractivity contribution in [2.24, 2.45) is 0 Å². The van der Waals surface area contributed by atoms with E-state index in [1.165, 1.54) is 18.0 Å². The third-order valence-corrected chi connectivity index (χ3v) is 5.20. The molecule has 5 heteroatoms. The average molecular weight is 302 g/mol. The van der Waals surface area contributed by atoms with Gasteiger partial charge in [-0.1, -0.05) is 11.6 Å². The highest BCUT2D eigenvalue weighted by molar-refractivity contribution is 7.16. The summed E-state index contributed by atoms with van der Waals surface area (Å²) in [6, 6.07) is 5.37. The molecule has 1 aromatic rings. The fourth-order valence-electron chi connectivity index (χ4n) is 2.59. The number of thiophene rings is 1. The molecule has 1 aliphatic heterocycles. The minimum absolute atomic E-state index is 0.653. The number of hydrogen-bond donors (Lipinski definition) is 1. The molecule has 1 fully saturated rings. The third kappa shape index (κ3) is 4.43. The zero-order valence-corrected chi connectivity index (χ0v) is 13.6. The van der Waals surface area contributed by atoms with Gasteiger partial charge in [0.05, 0.1) is 4.34 Å². The van der Waals surface area contributed by atoms with Gasteiger partial charge in [-0.25, -0.2) is 0 Å². The first kappa shape index (κ1) is 15.3. The van der Waals surface area contributed by atoms with Crippen molar-refractivity contribution in [1.29, 1.82) is 0 Å². The van der Waals surface area contributed by atoms with E-state index in [9.17, 15) is 0 Å². The summed E-state index contributed by atoms with van der Waals surface area (Å²) in [6.45, 7) is 10.1. The van der Waals surface area contributed by atoms with E-state index in [1.54, 1.807) is 11.3 Å². The van der Waals surface area contributed by atoms with Crippen LogP contribution in [0.4, 0.5) is 0 Å². The van der Waals surface area contributed by atoms with E-state index in [1.807, 2.05) is 6.07 Å². The summed E-state index contributed by atoms with van der Waals surface area (Å²) in [5, 5.41) is 3.50. The van der Waals surface area contributed by atoms with Crippen molar-refractivity contribution in [1.82, 2.24) is 15.1 Å². The Morgan fingerprint density at radius 2 is 2.00 bits per heavy atom. The Labute approximate surface area is 125 Å². The van der Waals surface area contributed by atoms with Crippen molar-refractivity contribution in [3.8, 4) is 0 Å². The summed E-state index contributed by atoms with van der Waals surface area (Å²) in [5.41, 5.74) is 0. The lowest BCUT2D eigenvalue weighted by molar-refractivity contribution is 0.0607. The molecule has 0 aromatic carbocycles. The third-order valence-electron chi connectivity index (χ3n) is 3.97. The number of piperazine rings is 1. The van der Waals surface area contributed by atoms with E-state index in [0.717, 1.165) is 24.0 Å². The molecular formula is C14H24ClN3S. The lowest BCUT2D eigenvalue weighted by Gasteiger charge is -2.42. The SMILES string of the molecule is CC1CN(CCNCc2ccc(Cl)s2)CC(C)N1C. The Kier molecular flexibility index (Phi) is 5.66. The van der Waals surface area contributed by atoms with Gasteiger partial charge < -0.3 is 5.32 Å². The second-order valence-corrected chi connectivity index (χ2v) is 7.31. The van der Waals surface area contributed by atoms with Gasteiger partial charge in [0.1, 0.15) is 0 Å². The van der Waals surface area contributed by atoms with E-state index >= 15 is 0 Å². The smallest absolute Gasteiger partial charge is 0.0931 e. The van der Waals surface area contributed by atoms with Gasteiger partial charge in [-0.05, 0) is 33.0 Å². The molecule has 0 spiro atoms. The first-order valence-corrected chi connectivity index (χ1v) is 8.15. The predicted molar refractivity (Wildman–Crippen MR) is 84.2 cm³/mol. The molecule has 2 rings (SSSR count). The molecule has 1 aliphatic rings. The number of hydrogen-bond acceptors (Lipinski definition) is 4. The molecule has 1 N–H and O–H groups in total. The summed E-state index contributed by atoms with van der Waals surface area (Å²) in [7, 11) is 2.23. The second-order valence-electron chi connectivity index (χ2n) is 5.51. The summed E-state index contributed by atoms with van der Waals surface area (Å²) in [5.74, 6) is 0. The topological polar surface area (TPSA) is 18.5 Å². The second kappa shape index (κ2) is 7.04. The van der Waals surface area contributed by atoms with Crippen LogP contribution in [-0.2, 0) is 6.54 Å². The monoisotopic (exact) mass is 301 g/mol. The van der Waals surface area contributed by atoms with Gasteiger partial charge in [-0.15, -0.1) is 11.3 Å². The molecule has 2 heterocycles. The standard InChI is InChI=1S/C14H24ClN3S/c1-11-9-18(10-12(2)17(11)3)7-6-16-8-13-4-5-14(15)19-13/h4-5,11-12,16H,6-10H2,1-3H3. The minimum Gasteiger partial charge on any atom is -0.311 e. The number of nitrogens with zero attached hydrogens (tertiary/aromatic N) is 2. The van der Waals surface area contributed by atoms with Crippen LogP contribution >= 0.6 is 22.9 Å². The zero-order valence-electron chi connectivity index (χ0n) is 12.0. The normalized spacial score (nSPS) is 25.9. The quantitative estimate of drug-likeness (QED) is 0.843. The Balaban J connectivity index is 1.66. The van der Waals surface area contributed by atoms with Crippen LogP contribution < -0.4 is 5.32 Å². The average Bonchev–Trinajstić information content (AvgIpc) is 2.77. The molecule has 108 valence electrons. The van der Waals surface area contributed by atoms with E-state index < -0.39 is 0 Å². The molecule has 2 unspecified atom stereocenters. The van der Waals surface area contributed by atoms with Crippen LogP contribution in [0, 0.1) is 0 Å². The molecule has 19 heavy (non-hydrogen) atoms. The maximum atomic E-state index is 5.92. The van der Waals surface area contributed by atoms with E-state index in [4.69, 9.17) is 11.6 Å². The summed E-state index contributed by atoms with van der Waals surface area (Å²) >= 11 is 7.58. The molecule has 0 amide bonds. The van der Waals surface area contributed by atoms with Gasteiger partial charge in [0.15, 0.2) is 0 Å². The Bertz CT molecular complexity index is 384. The summed E-state index contributed by atoms with van der Waals surface area (Å²) in [4.78, 5) is 6.34. The molecule has 0 saturated carbocycles. The van der Waals surface area contributed by atoms with Crippen LogP contribution in [0.3, 0.4) is 0 Å². The van der Waals surface area contributed by atoms with Gasteiger partial charge in [0, 0.05) is 49.7 Å². The van der Waals surface area contributed by atoms with Crippen molar-refractivity contribution in [2.75, 3.05) is 33.2 Å². The minimum atomic E-state index is 0.653. The summed E-state index contributed by atoms with van der Waals surface area (Å²) in [6.07, 6.45) is 0. The lowest BCUT2D eigenvalue weighted by Crippen LogP contribution is -2.55. The lowest BCUT2D eigenvalue weighted by atomic mass is 10.1. The molecule has 2 atom stereocenters. The van der Waals surface area contributed by atoms with Gasteiger partial charge in [0.2, 0.25) is 0 Å². The first-order chi connectivity index (χ1) is 9.06. The molecule has 3 nitrogen and oxygen atoms in total. The van der Waals surface area contributed by atoms with Crippen LogP contribution in [0.2, 0.25) is 4.34 Å². The molecule has 1 saturated heterocycles. The predicted octanol–water partition coefficient (Wildman–Crippen LogP) is 2.52. The molecular weight excluding hydrogens is 278 g/mol. The maximum Gasteiger partial charge on any atom is 0.0931 e. The largest absolute Gasteiger partial charge is 0.311 e. The molecule has 0 aliphatic carbocycles. The zero-order chi connectivity index (χ0) is 13.8. The van der Waals surface area contributed by atoms with Crippen molar-refractivity contribution < 1.29 is 0 Å². The van der Waals surface area contributed by atoms with Gasteiger partial charge in [-0.3, -0.25) is 9.80 Å². The summed E-state index contributed by atoms with van der Waals surface area (Å²) < 4.78 is 0.874. The van der Waals surface area contributed by atoms with Crippen molar-refractivity contribution in [3.05, 3.63) is 21.3 Å². The van der Waals surface area contributed by atoms with Crippen LogP contribution in [0.25, 0.3) is 0 Å². The van der Waals surface area contributed by atoms with Crippen LogP contribution in [0.15, 0.2) is 12.1 Å². The van der Waals surface area contributed by atoms with Crippen molar-refractivity contribution in [2.45, 2.75) is 32.5 Å². The first-order valence-electron chi connectivity index (χ1n) is 6.95. The van der Waals surface area contributed by atoms with Crippen molar-refractivity contribution in [3.63, 3.8) is 0 Å². The number of halogens is 1. The van der Waals surface area contributed by atoms with E-state index in [2.05, 4.69) is 42.1 Å². The van der Waals surface area contributed by atoms with Crippen LogP contribution in [0.1, 0.15) is 18.7 Å². The maximum absolute atomic E-state index is 5.92. The molecule has 0 radical (unpaired) electrons. The van der Waals surface area contributed by atoms with Gasteiger partial charge in [0.25, 0.3) is 0 Å². The van der Waals surface area contributed by atoms with E-state index in [-0.39, 0.29) is 0 Å². The Morgan fingerprint density at radius 1 is 1.32 bits per heavy atom. The molecule has 1 aromatic heterocycles. The fraction of sp³-hybridized carbons (Fsp3) is 0.714. The van der Waals surface area contributed by atoms with Gasteiger partial charge in [-0.2, -0.15) is 0 Å². The van der Waals surface area contributed by atoms with Crippen LogP contribution in [-0.4, -0.2) is 55.1 Å². The number of likely N-dealkylation sites (N-methyl/N-ethyl adjacent to an activating group) is 1. The fourth-order valence-corrected chi connectivity index (χ4v) is 3.65. The highest BCUT2D eigenvalue weighted by atomic mass is 35.5. The van der Waals surface area contributed by atoms with Crippen LogP contribution in [0.5, 0.6) is 0 Å². The highest BCUT2D eigenvalue weighted by Gasteiger charge is 2.25. The molecule has 0 bridgehead atoms. The number of nitrogens with one attached hydrogen (secondary N) is 1. The van der Waals surface area contributed by atoms with Gasteiger partial charge >= 0.3 is 0 Å².